The number of hydrogen-bond acceptors (Lipinski definition) is 4. The van der Waals surface area contributed by atoms with E-state index in [2.05, 4.69) is 10.6 Å². The van der Waals surface area contributed by atoms with E-state index in [0.29, 0.717) is 19.1 Å². The van der Waals surface area contributed by atoms with Gasteiger partial charge in [-0.05, 0) is 30.9 Å². The molecule has 0 unspecified atom stereocenters. The van der Waals surface area contributed by atoms with Crippen LogP contribution < -0.4 is 16.4 Å². The summed E-state index contributed by atoms with van der Waals surface area (Å²) in [6.45, 7) is 1.56. The second kappa shape index (κ2) is 10.2. The highest BCUT2D eigenvalue weighted by atomic mass is 16.2. The van der Waals surface area contributed by atoms with Crippen LogP contribution in [-0.2, 0) is 27.2 Å². The van der Waals surface area contributed by atoms with Gasteiger partial charge in [-0.15, -0.1) is 0 Å². The highest BCUT2D eigenvalue weighted by molar-refractivity contribution is 5.90. The maximum Gasteiger partial charge on any atom is 0.242 e. The van der Waals surface area contributed by atoms with Crippen LogP contribution in [0, 0.1) is 0 Å². The minimum absolute atomic E-state index is 0.381. The summed E-state index contributed by atoms with van der Waals surface area (Å²) in [5, 5.41) is 5.25. The molecule has 0 aromatic heterocycles. The quantitative estimate of drug-likeness (QED) is 0.575. The Morgan fingerprint density at radius 2 is 1.41 bits per heavy atom. The third-order valence-electron chi connectivity index (χ3n) is 4.18. The van der Waals surface area contributed by atoms with Crippen molar-refractivity contribution >= 4 is 18.1 Å². The molecule has 3 atom stereocenters. The van der Waals surface area contributed by atoms with Gasteiger partial charge in [0.1, 0.15) is 12.3 Å². The van der Waals surface area contributed by atoms with Crippen molar-refractivity contribution in [1.29, 1.82) is 0 Å². The van der Waals surface area contributed by atoms with Crippen LogP contribution in [0.1, 0.15) is 18.1 Å². The topological polar surface area (TPSA) is 101 Å². The minimum Gasteiger partial charge on any atom is -0.344 e. The number of hydrogen-bond donors (Lipinski definition) is 3. The van der Waals surface area contributed by atoms with Gasteiger partial charge < -0.3 is 21.2 Å². The predicted molar refractivity (Wildman–Crippen MR) is 104 cm³/mol. The van der Waals surface area contributed by atoms with Crippen molar-refractivity contribution in [2.24, 2.45) is 5.73 Å². The lowest BCUT2D eigenvalue weighted by molar-refractivity contribution is -0.130. The summed E-state index contributed by atoms with van der Waals surface area (Å²) in [5.74, 6) is -0.837. The van der Waals surface area contributed by atoms with Gasteiger partial charge in [0.05, 0.1) is 12.1 Å². The number of aldehydes is 1. The van der Waals surface area contributed by atoms with Crippen LogP contribution in [0.5, 0.6) is 0 Å². The van der Waals surface area contributed by atoms with Crippen molar-refractivity contribution in [1.82, 2.24) is 10.6 Å². The van der Waals surface area contributed by atoms with Gasteiger partial charge in [-0.2, -0.15) is 0 Å². The standard InChI is InChI=1S/C21H25N3O3/c1-15(23-21(27)19(22)13-17-10-6-3-7-11-17)20(26)24-18(14-25)12-16-8-4-2-5-9-16/h2-11,14-15,18-19H,12-13,22H2,1H3,(H,23,27)(H,24,26)/t15-,18-,19-/m0/s1. The van der Waals surface area contributed by atoms with Crippen LogP contribution in [0.3, 0.4) is 0 Å². The van der Waals surface area contributed by atoms with Crippen LogP contribution in [0.4, 0.5) is 0 Å². The van der Waals surface area contributed by atoms with Crippen LogP contribution in [-0.4, -0.2) is 36.2 Å². The first-order valence-electron chi connectivity index (χ1n) is 8.89. The molecule has 2 amide bonds. The molecule has 0 saturated carbocycles. The lowest BCUT2D eigenvalue weighted by atomic mass is 10.1. The van der Waals surface area contributed by atoms with Crippen molar-refractivity contribution in [3.8, 4) is 0 Å². The van der Waals surface area contributed by atoms with E-state index in [1.165, 1.54) is 0 Å². The molecule has 142 valence electrons. The third-order valence-corrected chi connectivity index (χ3v) is 4.18. The molecule has 27 heavy (non-hydrogen) atoms. The monoisotopic (exact) mass is 367 g/mol. The molecule has 4 N–H and O–H groups in total. The highest BCUT2D eigenvalue weighted by Gasteiger charge is 2.22. The summed E-state index contributed by atoms with van der Waals surface area (Å²) in [4.78, 5) is 35.8. The molecule has 0 aliphatic heterocycles. The van der Waals surface area contributed by atoms with E-state index in [-0.39, 0.29) is 0 Å². The summed E-state index contributed by atoms with van der Waals surface area (Å²) in [6, 6.07) is 16.6. The van der Waals surface area contributed by atoms with E-state index < -0.39 is 29.9 Å². The van der Waals surface area contributed by atoms with Crippen molar-refractivity contribution in [2.45, 2.75) is 37.9 Å². The normalized spacial score (nSPS) is 13.9. The molecule has 2 rings (SSSR count). The van der Waals surface area contributed by atoms with E-state index in [0.717, 1.165) is 11.1 Å². The first-order chi connectivity index (χ1) is 13.0. The van der Waals surface area contributed by atoms with Gasteiger partial charge in [0.2, 0.25) is 11.8 Å². The first kappa shape index (κ1) is 20.3. The smallest absolute Gasteiger partial charge is 0.242 e. The van der Waals surface area contributed by atoms with Gasteiger partial charge >= 0.3 is 0 Å². The zero-order valence-electron chi connectivity index (χ0n) is 15.3. The minimum atomic E-state index is -0.794. The molecule has 0 bridgehead atoms. The second-order valence-corrected chi connectivity index (χ2v) is 6.47. The summed E-state index contributed by atoms with van der Waals surface area (Å²) >= 11 is 0. The largest absolute Gasteiger partial charge is 0.344 e. The molecular formula is C21H25N3O3. The summed E-state index contributed by atoms with van der Waals surface area (Å²) in [6.07, 6.45) is 1.47. The molecule has 0 saturated heterocycles. The van der Waals surface area contributed by atoms with E-state index in [1.807, 2.05) is 60.7 Å². The fourth-order valence-electron chi connectivity index (χ4n) is 2.66. The summed E-state index contributed by atoms with van der Waals surface area (Å²) < 4.78 is 0. The number of benzene rings is 2. The van der Waals surface area contributed by atoms with Gasteiger partial charge in [0.15, 0.2) is 0 Å². The van der Waals surface area contributed by atoms with Crippen LogP contribution in [0.2, 0.25) is 0 Å². The fraction of sp³-hybridized carbons (Fsp3) is 0.286. The van der Waals surface area contributed by atoms with Crippen LogP contribution in [0.25, 0.3) is 0 Å². The molecule has 2 aromatic rings. The average Bonchev–Trinajstić information content (AvgIpc) is 2.68. The molecular weight excluding hydrogens is 342 g/mol. The zero-order chi connectivity index (χ0) is 19.6. The number of nitrogens with one attached hydrogen (secondary N) is 2. The molecule has 6 heteroatoms. The van der Waals surface area contributed by atoms with E-state index >= 15 is 0 Å². The Kier molecular flexibility index (Phi) is 7.70. The summed E-state index contributed by atoms with van der Waals surface area (Å²) in [5.41, 5.74) is 7.81. The van der Waals surface area contributed by atoms with E-state index in [9.17, 15) is 14.4 Å². The Labute approximate surface area is 159 Å². The van der Waals surface area contributed by atoms with E-state index in [1.54, 1.807) is 6.92 Å². The molecule has 0 radical (unpaired) electrons. The maximum absolute atomic E-state index is 12.3. The molecule has 0 aliphatic rings. The molecule has 0 fully saturated rings. The van der Waals surface area contributed by atoms with Gasteiger partial charge in [-0.3, -0.25) is 9.59 Å². The second-order valence-electron chi connectivity index (χ2n) is 6.47. The molecule has 6 nitrogen and oxygen atoms in total. The van der Waals surface area contributed by atoms with Crippen LogP contribution >= 0.6 is 0 Å². The van der Waals surface area contributed by atoms with Crippen molar-refractivity contribution < 1.29 is 14.4 Å². The van der Waals surface area contributed by atoms with Gasteiger partial charge in [0, 0.05) is 0 Å². The van der Waals surface area contributed by atoms with Crippen molar-refractivity contribution in [2.75, 3.05) is 0 Å². The van der Waals surface area contributed by atoms with Gasteiger partial charge in [0.25, 0.3) is 0 Å². The fourth-order valence-corrected chi connectivity index (χ4v) is 2.66. The van der Waals surface area contributed by atoms with Gasteiger partial charge in [-0.1, -0.05) is 60.7 Å². The molecule has 0 spiro atoms. The lowest BCUT2D eigenvalue weighted by Crippen LogP contribution is -2.53. The van der Waals surface area contributed by atoms with Crippen molar-refractivity contribution in [3.05, 3.63) is 71.8 Å². The predicted octanol–water partition coefficient (Wildman–Crippen LogP) is 0.988. The average molecular weight is 367 g/mol. The Balaban J connectivity index is 1.84. The van der Waals surface area contributed by atoms with Crippen LogP contribution in [0.15, 0.2) is 60.7 Å². The Hall–Kier alpha value is -2.99. The number of carbonyl (C=O) groups excluding carboxylic acids is 3. The highest BCUT2D eigenvalue weighted by Crippen LogP contribution is 2.04. The zero-order valence-corrected chi connectivity index (χ0v) is 15.3. The summed E-state index contributed by atoms with van der Waals surface area (Å²) in [7, 11) is 0. The number of rotatable bonds is 9. The van der Waals surface area contributed by atoms with Crippen molar-refractivity contribution in [3.63, 3.8) is 0 Å². The Bertz CT molecular complexity index is 750. The lowest BCUT2D eigenvalue weighted by Gasteiger charge is -2.20. The Morgan fingerprint density at radius 1 is 0.889 bits per heavy atom. The van der Waals surface area contributed by atoms with Gasteiger partial charge in [-0.25, -0.2) is 0 Å². The molecule has 0 aliphatic carbocycles. The molecule has 0 heterocycles. The maximum atomic E-state index is 12.3. The Morgan fingerprint density at radius 3 is 1.93 bits per heavy atom. The van der Waals surface area contributed by atoms with E-state index in [4.69, 9.17) is 5.73 Å². The number of nitrogens with two attached hydrogens (primary N) is 1. The number of carbonyl (C=O) groups is 3. The first-order valence-corrected chi connectivity index (χ1v) is 8.89. The number of amides is 2. The molecule has 2 aromatic carbocycles. The SMILES string of the molecule is C[C@H](NC(=O)[C@@H](N)Cc1ccccc1)C(=O)N[C@H](C=O)Cc1ccccc1. The third kappa shape index (κ3) is 6.67.